The Morgan fingerprint density at radius 3 is 2.61 bits per heavy atom. The first-order valence-corrected chi connectivity index (χ1v) is 10.2. The first kappa shape index (κ1) is 20.1. The normalized spacial score (nSPS) is 11.5. The summed E-state index contributed by atoms with van der Waals surface area (Å²) in [5.74, 6) is 0.759. The fourth-order valence-corrected chi connectivity index (χ4v) is 3.84. The number of carbonyl (C=O) groups excluding carboxylic acids is 1. The quantitative estimate of drug-likeness (QED) is 0.592. The molecule has 6 heteroatoms. The molecule has 0 bridgehead atoms. The molecular weight excluding hydrogens is 368 g/mol. The Kier molecular flexibility index (Phi) is 5.89. The van der Waals surface area contributed by atoms with Crippen molar-refractivity contribution in [2.45, 2.75) is 46.0 Å². The van der Waals surface area contributed by atoms with Crippen LogP contribution in [0.1, 0.15) is 53.0 Å². The number of ketones is 1. The average molecular weight is 395 g/mol. The van der Waals surface area contributed by atoms with Crippen molar-refractivity contribution in [2.75, 3.05) is 12.4 Å². The number of Topliss-reactive ketones (excluding diaryl/α,β-unsaturated/α-hetero) is 1. The van der Waals surface area contributed by atoms with Gasteiger partial charge in [-0.15, -0.1) is 11.3 Å². The van der Waals surface area contributed by atoms with Gasteiger partial charge in [-0.3, -0.25) is 4.79 Å². The van der Waals surface area contributed by atoms with Crippen LogP contribution in [0.25, 0.3) is 11.3 Å². The van der Waals surface area contributed by atoms with Gasteiger partial charge in [0, 0.05) is 36.8 Å². The Morgan fingerprint density at radius 2 is 1.96 bits per heavy atom. The van der Waals surface area contributed by atoms with Crippen molar-refractivity contribution in [3.05, 3.63) is 57.7 Å². The minimum Gasteiger partial charge on any atom is -0.357 e. The number of anilines is 1. The van der Waals surface area contributed by atoms with Gasteiger partial charge in [-0.25, -0.2) is 15.0 Å². The van der Waals surface area contributed by atoms with Crippen LogP contribution in [0.5, 0.6) is 0 Å². The van der Waals surface area contributed by atoms with E-state index in [-0.39, 0.29) is 11.2 Å². The fraction of sp³-hybridized carbons (Fsp3) is 0.364. The van der Waals surface area contributed by atoms with Crippen molar-refractivity contribution in [1.82, 2.24) is 15.0 Å². The predicted molar refractivity (Wildman–Crippen MR) is 115 cm³/mol. The highest BCUT2D eigenvalue weighted by molar-refractivity contribution is 7.13. The number of rotatable bonds is 6. The van der Waals surface area contributed by atoms with Gasteiger partial charge in [0.25, 0.3) is 0 Å². The molecule has 146 valence electrons. The lowest BCUT2D eigenvalue weighted by Gasteiger charge is -2.13. The zero-order chi connectivity index (χ0) is 20.3. The number of benzene rings is 1. The minimum absolute atomic E-state index is 0.0240. The van der Waals surface area contributed by atoms with Crippen LogP contribution in [0.3, 0.4) is 0 Å². The molecule has 2 heterocycles. The van der Waals surface area contributed by atoms with E-state index in [1.54, 1.807) is 19.4 Å². The largest absolute Gasteiger partial charge is 0.357 e. The summed E-state index contributed by atoms with van der Waals surface area (Å²) in [7, 11) is 1.80. The lowest BCUT2D eigenvalue weighted by atomic mass is 9.98. The molecule has 0 atom stereocenters. The van der Waals surface area contributed by atoms with Gasteiger partial charge in [0.15, 0.2) is 5.78 Å². The first-order chi connectivity index (χ1) is 13.3. The first-order valence-electron chi connectivity index (χ1n) is 9.38. The SMILES string of the molecule is CNc1nccc(-c2ccc(CCC(=O)c3cnc(C(C)(C)C)s3)c(C)c2)n1. The molecule has 0 amide bonds. The highest BCUT2D eigenvalue weighted by Gasteiger charge is 2.20. The molecule has 3 aromatic rings. The van der Waals surface area contributed by atoms with Crippen LogP contribution in [0, 0.1) is 6.92 Å². The molecule has 0 fully saturated rings. The zero-order valence-corrected chi connectivity index (χ0v) is 17.9. The van der Waals surface area contributed by atoms with E-state index < -0.39 is 0 Å². The van der Waals surface area contributed by atoms with Crippen LogP contribution in [0.4, 0.5) is 5.95 Å². The number of nitrogens with one attached hydrogen (secondary N) is 1. The monoisotopic (exact) mass is 394 g/mol. The summed E-state index contributed by atoms with van der Waals surface area (Å²) >= 11 is 1.51. The number of hydrogen-bond donors (Lipinski definition) is 1. The molecule has 0 aliphatic heterocycles. The van der Waals surface area contributed by atoms with Crippen LogP contribution in [-0.4, -0.2) is 27.8 Å². The summed E-state index contributed by atoms with van der Waals surface area (Å²) in [6.07, 6.45) is 4.68. The second kappa shape index (κ2) is 8.19. The predicted octanol–water partition coefficient (Wildman–Crippen LogP) is 5.06. The third-order valence-electron chi connectivity index (χ3n) is 4.56. The van der Waals surface area contributed by atoms with Gasteiger partial charge in [0.2, 0.25) is 5.95 Å². The summed E-state index contributed by atoms with van der Waals surface area (Å²) in [6.45, 7) is 8.42. The third-order valence-corrected chi connectivity index (χ3v) is 6.03. The van der Waals surface area contributed by atoms with Gasteiger partial charge in [-0.1, -0.05) is 32.9 Å². The van der Waals surface area contributed by atoms with Gasteiger partial charge < -0.3 is 5.32 Å². The van der Waals surface area contributed by atoms with Crippen LogP contribution < -0.4 is 5.32 Å². The lowest BCUT2D eigenvalue weighted by molar-refractivity contribution is 0.0986. The van der Waals surface area contributed by atoms with Crippen molar-refractivity contribution in [2.24, 2.45) is 0 Å². The van der Waals surface area contributed by atoms with Gasteiger partial charge >= 0.3 is 0 Å². The summed E-state index contributed by atoms with van der Waals surface area (Å²) in [5, 5.41) is 3.96. The fourth-order valence-electron chi connectivity index (χ4n) is 2.90. The highest BCUT2D eigenvalue weighted by Crippen LogP contribution is 2.28. The Hall–Kier alpha value is -2.60. The van der Waals surface area contributed by atoms with Crippen molar-refractivity contribution in [3.8, 4) is 11.3 Å². The van der Waals surface area contributed by atoms with E-state index in [1.165, 1.54) is 16.9 Å². The molecule has 0 aliphatic carbocycles. The molecule has 2 aromatic heterocycles. The molecular formula is C22H26N4OS. The molecule has 0 saturated heterocycles. The maximum absolute atomic E-state index is 12.6. The van der Waals surface area contributed by atoms with Gasteiger partial charge in [0.05, 0.1) is 15.6 Å². The van der Waals surface area contributed by atoms with Crippen LogP contribution in [0.15, 0.2) is 36.7 Å². The Morgan fingerprint density at radius 1 is 1.18 bits per heavy atom. The number of carbonyl (C=O) groups is 1. The number of aromatic nitrogens is 3. The minimum atomic E-state index is -0.0240. The van der Waals surface area contributed by atoms with Gasteiger partial charge in [-0.2, -0.15) is 0 Å². The molecule has 28 heavy (non-hydrogen) atoms. The van der Waals surface area contributed by atoms with Crippen LogP contribution in [0.2, 0.25) is 0 Å². The molecule has 0 saturated carbocycles. The number of thiazole rings is 1. The summed E-state index contributed by atoms with van der Waals surface area (Å²) in [6, 6.07) is 8.16. The summed E-state index contributed by atoms with van der Waals surface area (Å²) in [5.41, 5.74) is 4.24. The molecule has 1 aromatic carbocycles. The standard InChI is InChI=1S/C22H26N4OS/c1-14-12-16(17-10-11-24-21(23-5)26-17)7-6-15(14)8-9-18(27)19-13-25-20(28-19)22(2,3)4/h6-7,10-13H,8-9H2,1-5H3,(H,23,24,26). The molecule has 0 aliphatic rings. The number of aryl methyl sites for hydroxylation is 2. The Bertz CT molecular complexity index is 988. The van der Waals surface area contributed by atoms with E-state index in [0.717, 1.165) is 33.1 Å². The maximum Gasteiger partial charge on any atom is 0.222 e. The van der Waals surface area contributed by atoms with Crippen molar-refractivity contribution in [1.29, 1.82) is 0 Å². The molecule has 5 nitrogen and oxygen atoms in total. The molecule has 0 spiro atoms. The topological polar surface area (TPSA) is 67.8 Å². The van der Waals surface area contributed by atoms with E-state index in [2.05, 4.69) is 66.2 Å². The van der Waals surface area contributed by atoms with E-state index in [4.69, 9.17) is 0 Å². The lowest BCUT2D eigenvalue weighted by Crippen LogP contribution is -2.09. The van der Waals surface area contributed by atoms with Gasteiger partial charge in [-0.05, 0) is 36.6 Å². The Labute approximate surface area is 170 Å². The van der Waals surface area contributed by atoms with Crippen molar-refractivity contribution in [3.63, 3.8) is 0 Å². The zero-order valence-electron chi connectivity index (χ0n) is 17.0. The van der Waals surface area contributed by atoms with Gasteiger partial charge in [0.1, 0.15) is 0 Å². The van der Waals surface area contributed by atoms with E-state index in [0.29, 0.717) is 12.4 Å². The van der Waals surface area contributed by atoms with Crippen LogP contribution >= 0.6 is 11.3 Å². The third kappa shape index (κ3) is 4.62. The number of nitrogens with zero attached hydrogens (tertiary/aromatic N) is 3. The summed E-state index contributed by atoms with van der Waals surface area (Å²) < 4.78 is 0. The van der Waals surface area contributed by atoms with Crippen LogP contribution in [-0.2, 0) is 11.8 Å². The van der Waals surface area contributed by atoms with Crippen molar-refractivity contribution < 1.29 is 4.79 Å². The van der Waals surface area contributed by atoms with Crippen molar-refractivity contribution >= 4 is 23.1 Å². The molecule has 3 rings (SSSR count). The smallest absolute Gasteiger partial charge is 0.222 e. The molecule has 0 unspecified atom stereocenters. The maximum atomic E-state index is 12.6. The van der Waals surface area contributed by atoms with E-state index in [9.17, 15) is 4.79 Å². The summed E-state index contributed by atoms with van der Waals surface area (Å²) in [4.78, 5) is 26.4. The molecule has 0 radical (unpaired) electrons. The average Bonchev–Trinajstić information content (AvgIpc) is 3.17. The number of hydrogen-bond acceptors (Lipinski definition) is 6. The highest BCUT2D eigenvalue weighted by atomic mass is 32.1. The Balaban J connectivity index is 1.69. The second-order valence-electron chi connectivity index (χ2n) is 7.86. The second-order valence-corrected chi connectivity index (χ2v) is 8.89. The molecule has 1 N–H and O–H groups in total. The van der Waals surface area contributed by atoms with E-state index >= 15 is 0 Å². The van der Waals surface area contributed by atoms with E-state index in [1.807, 2.05) is 6.07 Å².